The van der Waals surface area contributed by atoms with Crippen LogP contribution in [0.4, 0.5) is 5.69 Å². The van der Waals surface area contributed by atoms with Gasteiger partial charge in [-0.25, -0.2) is 0 Å². The van der Waals surface area contributed by atoms with Gasteiger partial charge in [-0.1, -0.05) is 6.92 Å². The molecule has 106 valence electrons. The van der Waals surface area contributed by atoms with Crippen LogP contribution in [-0.2, 0) is 6.54 Å². The molecule has 0 saturated heterocycles. The quantitative estimate of drug-likeness (QED) is 0.858. The van der Waals surface area contributed by atoms with Crippen LogP contribution in [0.25, 0.3) is 0 Å². The average Bonchev–Trinajstić information content (AvgIpc) is 2.96. The summed E-state index contributed by atoms with van der Waals surface area (Å²) >= 11 is 1.63. The first-order valence-electron chi connectivity index (χ1n) is 6.70. The highest BCUT2D eigenvalue weighted by Gasteiger charge is 2.12. The predicted molar refractivity (Wildman–Crippen MR) is 83.2 cm³/mol. The van der Waals surface area contributed by atoms with Gasteiger partial charge in [-0.05, 0) is 41.8 Å². The van der Waals surface area contributed by atoms with Crippen molar-refractivity contribution in [2.24, 2.45) is 0 Å². The maximum atomic E-state index is 12.2. The second-order valence-corrected chi connectivity index (χ2v) is 5.39. The number of aryl methyl sites for hydroxylation is 1. The van der Waals surface area contributed by atoms with Crippen LogP contribution in [0.1, 0.15) is 35.0 Å². The van der Waals surface area contributed by atoms with E-state index in [2.05, 4.69) is 22.5 Å². The van der Waals surface area contributed by atoms with Crippen molar-refractivity contribution in [1.82, 2.24) is 10.3 Å². The van der Waals surface area contributed by atoms with Crippen LogP contribution < -0.4 is 10.6 Å². The number of rotatable bonds is 6. The lowest BCUT2D eigenvalue weighted by atomic mass is 10.2. The van der Waals surface area contributed by atoms with E-state index in [9.17, 15) is 4.79 Å². The number of hydrogen-bond donors (Lipinski definition) is 2. The molecule has 0 bridgehead atoms. The van der Waals surface area contributed by atoms with Crippen LogP contribution in [0, 0.1) is 6.92 Å². The largest absolute Gasteiger partial charge is 0.384 e. The number of thiophene rings is 1. The summed E-state index contributed by atoms with van der Waals surface area (Å²) in [4.78, 5) is 16.5. The summed E-state index contributed by atoms with van der Waals surface area (Å²) in [6.45, 7) is 5.40. The monoisotopic (exact) mass is 289 g/mol. The van der Waals surface area contributed by atoms with Gasteiger partial charge < -0.3 is 10.6 Å². The number of carbonyl (C=O) groups excluding carboxylic acids is 1. The number of anilines is 1. The van der Waals surface area contributed by atoms with Crippen LogP contribution in [0.15, 0.2) is 29.1 Å². The molecule has 0 atom stereocenters. The Kier molecular flexibility index (Phi) is 5.12. The second-order valence-electron chi connectivity index (χ2n) is 4.61. The zero-order chi connectivity index (χ0) is 14.4. The van der Waals surface area contributed by atoms with E-state index >= 15 is 0 Å². The summed E-state index contributed by atoms with van der Waals surface area (Å²) in [6, 6.07) is 3.92. The van der Waals surface area contributed by atoms with Crippen LogP contribution in [0.5, 0.6) is 0 Å². The highest BCUT2D eigenvalue weighted by Crippen LogP contribution is 2.16. The van der Waals surface area contributed by atoms with Gasteiger partial charge in [-0.15, -0.1) is 0 Å². The van der Waals surface area contributed by atoms with Crippen LogP contribution in [0.3, 0.4) is 0 Å². The highest BCUT2D eigenvalue weighted by molar-refractivity contribution is 7.07. The minimum Gasteiger partial charge on any atom is -0.384 e. The van der Waals surface area contributed by atoms with Crippen LogP contribution in [0.2, 0.25) is 0 Å². The Morgan fingerprint density at radius 2 is 2.30 bits per heavy atom. The standard InChI is InChI=1S/C15H19N3OS/c1-3-5-16-14-7-11(2)17-9-13(14)15(19)18-8-12-4-6-20-10-12/h4,6-7,9-10H,3,5,8H2,1-2H3,(H,16,17)(H,18,19). The number of nitrogens with one attached hydrogen (secondary N) is 2. The second kappa shape index (κ2) is 7.05. The molecule has 0 saturated carbocycles. The summed E-state index contributed by atoms with van der Waals surface area (Å²) in [5, 5.41) is 10.2. The fourth-order valence-corrected chi connectivity index (χ4v) is 2.49. The number of pyridine rings is 1. The van der Waals surface area contributed by atoms with Crippen molar-refractivity contribution in [1.29, 1.82) is 0 Å². The molecule has 0 spiro atoms. The normalized spacial score (nSPS) is 10.3. The Morgan fingerprint density at radius 3 is 3.00 bits per heavy atom. The van der Waals surface area contributed by atoms with Crippen molar-refractivity contribution in [2.45, 2.75) is 26.8 Å². The predicted octanol–water partition coefficient (Wildman–Crippen LogP) is 3.20. The molecule has 2 heterocycles. The topological polar surface area (TPSA) is 54.0 Å². The number of nitrogens with zero attached hydrogens (tertiary/aromatic N) is 1. The molecule has 2 aromatic heterocycles. The van der Waals surface area contributed by atoms with Crippen LogP contribution in [-0.4, -0.2) is 17.4 Å². The molecule has 5 heteroatoms. The maximum Gasteiger partial charge on any atom is 0.255 e. The smallest absolute Gasteiger partial charge is 0.255 e. The molecule has 4 nitrogen and oxygen atoms in total. The summed E-state index contributed by atoms with van der Waals surface area (Å²) in [5.41, 5.74) is 3.46. The molecular weight excluding hydrogens is 270 g/mol. The first-order chi connectivity index (χ1) is 9.70. The third-order valence-electron chi connectivity index (χ3n) is 2.88. The Bertz CT molecular complexity index is 567. The summed E-state index contributed by atoms with van der Waals surface area (Å²) in [5.74, 6) is -0.0951. The molecule has 0 aromatic carbocycles. The zero-order valence-corrected chi connectivity index (χ0v) is 12.6. The van der Waals surface area contributed by atoms with E-state index in [1.165, 1.54) is 0 Å². The molecule has 0 aliphatic carbocycles. The van der Waals surface area contributed by atoms with Crippen LogP contribution >= 0.6 is 11.3 Å². The molecule has 20 heavy (non-hydrogen) atoms. The third kappa shape index (κ3) is 3.81. The lowest BCUT2D eigenvalue weighted by Gasteiger charge is -2.12. The van der Waals surface area contributed by atoms with Gasteiger partial charge in [0.1, 0.15) is 0 Å². The molecule has 0 aliphatic rings. The summed E-state index contributed by atoms with van der Waals surface area (Å²) < 4.78 is 0. The Morgan fingerprint density at radius 1 is 1.45 bits per heavy atom. The lowest BCUT2D eigenvalue weighted by molar-refractivity contribution is 0.0951. The van der Waals surface area contributed by atoms with Gasteiger partial charge in [0, 0.05) is 25.0 Å². The zero-order valence-electron chi connectivity index (χ0n) is 11.8. The Labute approximate surface area is 123 Å². The summed E-state index contributed by atoms with van der Waals surface area (Å²) in [6.07, 6.45) is 2.65. The van der Waals surface area contributed by atoms with Crippen molar-refractivity contribution in [3.63, 3.8) is 0 Å². The number of aromatic nitrogens is 1. The van der Waals surface area contributed by atoms with Crippen molar-refractivity contribution in [3.05, 3.63) is 45.9 Å². The molecule has 0 fully saturated rings. The van der Waals surface area contributed by atoms with E-state index in [1.54, 1.807) is 17.5 Å². The third-order valence-corrected chi connectivity index (χ3v) is 3.62. The number of carbonyl (C=O) groups is 1. The minimum absolute atomic E-state index is 0.0951. The highest BCUT2D eigenvalue weighted by atomic mass is 32.1. The molecule has 2 aromatic rings. The Hall–Kier alpha value is -1.88. The molecule has 0 unspecified atom stereocenters. The van der Waals surface area contributed by atoms with E-state index in [1.807, 2.05) is 29.8 Å². The van der Waals surface area contributed by atoms with Gasteiger partial charge >= 0.3 is 0 Å². The van der Waals surface area contributed by atoms with E-state index in [-0.39, 0.29) is 5.91 Å². The van der Waals surface area contributed by atoms with Gasteiger partial charge in [-0.2, -0.15) is 11.3 Å². The molecule has 2 N–H and O–H groups in total. The van der Waals surface area contributed by atoms with Crippen molar-refractivity contribution in [2.75, 3.05) is 11.9 Å². The van der Waals surface area contributed by atoms with E-state index in [4.69, 9.17) is 0 Å². The SMILES string of the molecule is CCCNc1cc(C)ncc1C(=O)NCc1ccsc1. The van der Waals surface area contributed by atoms with Gasteiger partial charge in [-0.3, -0.25) is 9.78 Å². The molecular formula is C15H19N3OS. The van der Waals surface area contributed by atoms with Gasteiger partial charge in [0.25, 0.3) is 5.91 Å². The molecule has 0 aliphatic heterocycles. The van der Waals surface area contributed by atoms with Gasteiger partial charge in [0.15, 0.2) is 0 Å². The summed E-state index contributed by atoms with van der Waals surface area (Å²) in [7, 11) is 0. The van der Waals surface area contributed by atoms with Crippen molar-refractivity contribution >= 4 is 22.9 Å². The lowest BCUT2D eigenvalue weighted by Crippen LogP contribution is -2.24. The maximum absolute atomic E-state index is 12.2. The number of amides is 1. The van der Waals surface area contributed by atoms with Gasteiger partial charge in [0.05, 0.1) is 11.3 Å². The molecule has 0 radical (unpaired) electrons. The van der Waals surface area contributed by atoms with E-state index in [0.29, 0.717) is 12.1 Å². The first kappa shape index (κ1) is 14.5. The van der Waals surface area contributed by atoms with E-state index < -0.39 is 0 Å². The number of hydrogen-bond acceptors (Lipinski definition) is 4. The Balaban J connectivity index is 2.07. The first-order valence-corrected chi connectivity index (χ1v) is 7.64. The fourth-order valence-electron chi connectivity index (χ4n) is 1.82. The molecule has 1 amide bonds. The minimum atomic E-state index is -0.0951. The van der Waals surface area contributed by atoms with Gasteiger partial charge in [0.2, 0.25) is 0 Å². The molecule has 2 rings (SSSR count). The van der Waals surface area contributed by atoms with Crippen molar-refractivity contribution < 1.29 is 4.79 Å². The van der Waals surface area contributed by atoms with Crippen molar-refractivity contribution in [3.8, 4) is 0 Å². The van der Waals surface area contributed by atoms with E-state index in [0.717, 1.165) is 29.9 Å². The average molecular weight is 289 g/mol. The fraction of sp³-hybridized carbons (Fsp3) is 0.333.